The number of furan rings is 1. The molecule has 0 radical (unpaired) electrons. The van der Waals surface area contributed by atoms with Crippen LogP contribution in [0.15, 0.2) is 235 Å². The molecule has 13 rings (SSSR count). The van der Waals surface area contributed by atoms with E-state index in [4.69, 9.17) is 9.40 Å². The van der Waals surface area contributed by atoms with Gasteiger partial charge in [-0.1, -0.05) is 182 Å². The van der Waals surface area contributed by atoms with Crippen molar-refractivity contribution in [2.75, 3.05) is 4.90 Å². The monoisotopic (exact) mass is 834 g/mol. The van der Waals surface area contributed by atoms with Crippen LogP contribution in [-0.4, -0.2) is 4.98 Å². The number of hydrogen-bond donors (Lipinski definition) is 0. The lowest BCUT2D eigenvalue weighted by Gasteiger charge is -2.34. The molecule has 4 heteroatoms. The van der Waals surface area contributed by atoms with Gasteiger partial charge in [0.15, 0.2) is 5.58 Å². The van der Waals surface area contributed by atoms with Gasteiger partial charge < -0.3 is 9.32 Å². The van der Waals surface area contributed by atoms with Crippen molar-refractivity contribution in [1.29, 1.82) is 0 Å². The summed E-state index contributed by atoms with van der Waals surface area (Å²) < 4.78 is 8.31. The van der Waals surface area contributed by atoms with Gasteiger partial charge in [-0.25, -0.2) is 4.98 Å². The quantitative estimate of drug-likeness (QED) is 0.160. The first-order valence-corrected chi connectivity index (χ1v) is 22.6. The predicted molar refractivity (Wildman–Crippen MR) is 267 cm³/mol. The van der Waals surface area contributed by atoms with Crippen molar-refractivity contribution in [3.8, 4) is 32.8 Å². The zero-order valence-electron chi connectivity index (χ0n) is 34.7. The smallest absolute Gasteiger partial charge is 0.159 e. The second-order valence-electron chi connectivity index (χ2n) is 16.6. The largest absolute Gasteiger partial charge is 0.454 e. The number of para-hydroxylation sites is 2. The van der Waals surface area contributed by atoms with Gasteiger partial charge in [0, 0.05) is 27.7 Å². The summed E-state index contributed by atoms with van der Waals surface area (Å²) in [5.41, 5.74) is 16.3. The number of anilines is 3. The fraction of sp³-hybridized carbons (Fsp3) is 0.0167. The van der Waals surface area contributed by atoms with E-state index in [-0.39, 0.29) is 0 Å². The van der Waals surface area contributed by atoms with Crippen molar-refractivity contribution in [2.24, 2.45) is 0 Å². The number of thiazole rings is 1. The van der Waals surface area contributed by atoms with Gasteiger partial charge in [0.1, 0.15) is 10.6 Å². The van der Waals surface area contributed by atoms with E-state index in [2.05, 4.69) is 235 Å². The van der Waals surface area contributed by atoms with E-state index in [9.17, 15) is 0 Å². The predicted octanol–water partition coefficient (Wildman–Crippen LogP) is 16.5. The van der Waals surface area contributed by atoms with E-state index in [0.717, 1.165) is 65.9 Å². The molecule has 10 aromatic carbocycles. The van der Waals surface area contributed by atoms with Crippen LogP contribution in [0.4, 0.5) is 17.1 Å². The Balaban J connectivity index is 1.02. The minimum Gasteiger partial charge on any atom is -0.454 e. The van der Waals surface area contributed by atoms with Gasteiger partial charge in [0.2, 0.25) is 0 Å². The number of rotatable bonds is 7. The summed E-state index contributed by atoms with van der Waals surface area (Å²) in [7, 11) is 0. The summed E-state index contributed by atoms with van der Waals surface area (Å²) >= 11 is 1.72. The third-order valence-corrected chi connectivity index (χ3v) is 14.3. The molecule has 2 aromatic heterocycles. The lowest BCUT2D eigenvalue weighted by molar-refractivity contribution is 0.669. The number of nitrogens with zero attached hydrogens (tertiary/aromatic N) is 2. The molecule has 0 saturated carbocycles. The van der Waals surface area contributed by atoms with Crippen LogP contribution in [0, 0.1) is 0 Å². The maximum absolute atomic E-state index is 7.14. The first-order valence-electron chi connectivity index (χ1n) is 21.8. The van der Waals surface area contributed by atoms with E-state index in [1.165, 1.54) is 49.2 Å². The summed E-state index contributed by atoms with van der Waals surface area (Å²) in [4.78, 5) is 7.45. The molecule has 3 nitrogen and oxygen atoms in total. The fourth-order valence-corrected chi connectivity index (χ4v) is 11.4. The molecule has 1 aliphatic carbocycles. The van der Waals surface area contributed by atoms with Crippen molar-refractivity contribution in [2.45, 2.75) is 5.41 Å². The summed E-state index contributed by atoms with van der Waals surface area (Å²) in [6.07, 6.45) is 0. The van der Waals surface area contributed by atoms with Crippen LogP contribution in [0.3, 0.4) is 0 Å². The first-order chi connectivity index (χ1) is 31.7. The number of hydrogen-bond acceptors (Lipinski definition) is 4. The zero-order valence-corrected chi connectivity index (χ0v) is 35.5. The fourth-order valence-electron chi connectivity index (χ4n) is 10.4. The van der Waals surface area contributed by atoms with Gasteiger partial charge >= 0.3 is 0 Å². The highest BCUT2D eigenvalue weighted by atomic mass is 32.1. The molecule has 64 heavy (non-hydrogen) atoms. The van der Waals surface area contributed by atoms with E-state index < -0.39 is 5.41 Å². The zero-order chi connectivity index (χ0) is 42.2. The molecule has 12 aromatic rings. The first kappa shape index (κ1) is 36.6. The van der Waals surface area contributed by atoms with Gasteiger partial charge in [0.25, 0.3) is 0 Å². The molecule has 0 aliphatic heterocycles. The Kier molecular flexibility index (Phi) is 8.30. The van der Waals surface area contributed by atoms with E-state index in [1.807, 2.05) is 0 Å². The van der Waals surface area contributed by atoms with Crippen LogP contribution >= 0.6 is 11.3 Å². The number of fused-ring (bicyclic) bond motifs is 9. The van der Waals surface area contributed by atoms with Crippen LogP contribution in [0.5, 0.6) is 0 Å². The van der Waals surface area contributed by atoms with Crippen molar-refractivity contribution in [3.63, 3.8) is 0 Å². The molecule has 0 N–H and O–H groups in total. The van der Waals surface area contributed by atoms with Gasteiger partial charge in [-0.05, 0) is 104 Å². The molecular weight excluding hydrogens is 797 g/mol. The average molecular weight is 835 g/mol. The van der Waals surface area contributed by atoms with Gasteiger partial charge in [-0.3, -0.25) is 0 Å². The highest BCUT2D eigenvalue weighted by molar-refractivity contribution is 7.21. The maximum atomic E-state index is 7.14. The minimum absolute atomic E-state index is 0.490. The normalized spacial score (nSPS) is 12.8. The standard InChI is InChI=1S/C60H38N2OS/c1-3-16-39(17-4-1)40-30-34-43(35-31-40)62(44-36-32-42(33-37-44)60(41-18-5-2-6-19-41)51-25-11-9-21-46(51)47-22-10-12-26-52(47)60)54-28-15-24-49-57-48-23-8-7-20-45(48)50(38-55(57)63-58(49)54)59-61-53-27-13-14-29-56(53)64-59/h1-38H. The Morgan fingerprint density at radius 2 is 1.00 bits per heavy atom. The Bertz CT molecular complexity index is 3640. The SMILES string of the molecule is c1ccc(-c2ccc(N(c3ccc(C4(c5ccccc5)c5ccccc5-c5ccccc54)cc3)c3cccc4c3oc3cc(-c5nc6ccccc6s5)c5ccccc5c34)cc2)cc1. The number of aromatic nitrogens is 1. The van der Waals surface area contributed by atoms with E-state index >= 15 is 0 Å². The Morgan fingerprint density at radius 1 is 0.438 bits per heavy atom. The van der Waals surface area contributed by atoms with Crippen LogP contribution < -0.4 is 4.90 Å². The molecule has 0 unspecified atom stereocenters. The molecule has 1 aliphatic rings. The van der Waals surface area contributed by atoms with E-state index in [1.54, 1.807) is 11.3 Å². The highest BCUT2D eigenvalue weighted by Crippen LogP contribution is 2.56. The van der Waals surface area contributed by atoms with E-state index in [0.29, 0.717) is 0 Å². The second-order valence-corrected chi connectivity index (χ2v) is 17.6. The summed E-state index contributed by atoms with van der Waals surface area (Å²) in [5.74, 6) is 0. The topological polar surface area (TPSA) is 29.3 Å². The van der Waals surface area contributed by atoms with Crippen molar-refractivity contribution in [3.05, 3.63) is 253 Å². The van der Waals surface area contributed by atoms with Gasteiger partial charge in [-0.15, -0.1) is 11.3 Å². The molecule has 300 valence electrons. The molecule has 0 saturated heterocycles. The molecule has 0 atom stereocenters. The Hall–Kier alpha value is -8.05. The van der Waals surface area contributed by atoms with Crippen molar-refractivity contribution < 1.29 is 4.42 Å². The van der Waals surface area contributed by atoms with Crippen LogP contribution in [0.2, 0.25) is 0 Å². The summed E-state index contributed by atoms with van der Waals surface area (Å²) in [6, 6.07) is 83.3. The molecule has 0 amide bonds. The Morgan fingerprint density at radius 3 is 1.72 bits per heavy atom. The van der Waals surface area contributed by atoms with Crippen molar-refractivity contribution >= 4 is 71.3 Å². The lowest BCUT2D eigenvalue weighted by atomic mass is 9.68. The summed E-state index contributed by atoms with van der Waals surface area (Å²) in [5, 5.41) is 5.48. The Labute approximate surface area is 374 Å². The van der Waals surface area contributed by atoms with Crippen LogP contribution in [-0.2, 0) is 5.41 Å². The molecule has 0 spiro atoms. The van der Waals surface area contributed by atoms with Crippen molar-refractivity contribution in [1.82, 2.24) is 4.98 Å². The molecular formula is C60H38N2OS. The highest BCUT2D eigenvalue weighted by Gasteiger charge is 2.45. The summed E-state index contributed by atoms with van der Waals surface area (Å²) in [6.45, 7) is 0. The average Bonchev–Trinajstić information content (AvgIpc) is 4.06. The van der Waals surface area contributed by atoms with Gasteiger partial charge in [0.05, 0.1) is 21.3 Å². The van der Waals surface area contributed by atoms with Crippen LogP contribution in [0.25, 0.3) is 75.8 Å². The van der Waals surface area contributed by atoms with Crippen LogP contribution in [0.1, 0.15) is 22.3 Å². The minimum atomic E-state index is -0.490. The molecule has 0 bridgehead atoms. The maximum Gasteiger partial charge on any atom is 0.159 e. The number of benzene rings is 10. The van der Waals surface area contributed by atoms with Gasteiger partial charge in [-0.2, -0.15) is 0 Å². The second kappa shape index (κ2) is 14.5. The third kappa shape index (κ3) is 5.49. The molecule has 0 fully saturated rings. The molecule has 2 heterocycles. The lowest BCUT2D eigenvalue weighted by Crippen LogP contribution is -2.28. The third-order valence-electron chi connectivity index (χ3n) is 13.2.